The van der Waals surface area contributed by atoms with Gasteiger partial charge in [-0.15, -0.1) is 6.42 Å². The van der Waals surface area contributed by atoms with Gasteiger partial charge in [-0.1, -0.05) is 18.1 Å². The van der Waals surface area contributed by atoms with E-state index in [1.165, 1.54) is 0 Å². The van der Waals surface area contributed by atoms with E-state index in [9.17, 15) is 8.78 Å². The maximum absolute atomic E-state index is 11.9. The average Bonchev–Trinajstić information content (AvgIpc) is 2.35. The van der Waals surface area contributed by atoms with Gasteiger partial charge in [0.15, 0.2) is 0 Å². The molecular formula is C14H17F2NO. The monoisotopic (exact) mass is 253 g/mol. The first kappa shape index (κ1) is 14.5. The third-order valence-corrected chi connectivity index (χ3v) is 2.57. The lowest BCUT2D eigenvalue weighted by molar-refractivity contribution is -0.0498. The summed E-state index contributed by atoms with van der Waals surface area (Å²) in [7, 11) is 0. The molecule has 1 atom stereocenters. The van der Waals surface area contributed by atoms with Crippen molar-refractivity contribution in [3.63, 3.8) is 0 Å². The van der Waals surface area contributed by atoms with E-state index in [1.807, 2.05) is 0 Å². The Morgan fingerprint density at radius 1 is 1.33 bits per heavy atom. The Balaban J connectivity index is 2.37. The molecule has 1 aromatic carbocycles. The Morgan fingerprint density at radius 3 is 2.56 bits per heavy atom. The zero-order chi connectivity index (χ0) is 13.4. The van der Waals surface area contributed by atoms with Crippen LogP contribution >= 0.6 is 0 Å². The van der Waals surface area contributed by atoms with Crippen LogP contribution in [0.4, 0.5) is 8.78 Å². The summed E-state index contributed by atoms with van der Waals surface area (Å²) in [6.07, 6.45) is 6.96. The number of hydrogen-bond acceptors (Lipinski definition) is 2. The van der Waals surface area contributed by atoms with Crippen LogP contribution in [-0.2, 0) is 6.42 Å². The lowest BCUT2D eigenvalue weighted by Crippen LogP contribution is -2.26. The van der Waals surface area contributed by atoms with E-state index < -0.39 is 6.61 Å². The fraction of sp³-hybridized carbons (Fsp3) is 0.429. The Morgan fingerprint density at radius 2 is 2.00 bits per heavy atom. The van der Waals surface area contributed by atoms with Gasteiger partial charge in [0.1, 0.15) is 5.75 Å². The minimum absolute atomic E-state index is 0.187. The highest BCUT2D eigenvalue weighted by molar-refractivity contribution is 5.27. The fourth-order valence-electron chi connectivity index (χ4n) is 1.56. The smallest absolute Gasteiger partial charge is 0.387 e. The Hall–Kier alpha value is -1.60. The lowest BCUT2D eigenvalue weighted by Gasteiger charge is -2.11. The third kappa shape index (κ3) is 5.65. The molecule has 0 saturated carbocycles. The van der Waals surface area contributed by atoms with Crippen molar-refractivity contribution in [2.24, 2.45) is 0 Å². The molecule has 0 aromatic heterocycles. The second-order valence-electron chi connectivity index (χ2n) is 4.05. The van der Waals surface area contributed by atoms with Gasteiger partial charge in [-0.05, 0) is 37.5 Å². The molecule has 0 aliphatic heterocycles. The second-order valence-corrected chi connectivity index (χ2v) is 4.05. The second kappa shape index (κ2) is 7.67. The molecule has 98 valence electrons. The Bertz CT molecular complexity index is 384. The van der Waals surface area contributed by atoms with E-state index >= 15 is 0 Å². The summed E-state index contributed by atoms with van der Waals surface area (Å²) in [6, 6.07) is 7.04. The number of halogens is 2. The van der Waals surface area contributed by atoms with Crippen molar-refractivity contribution in [3.8, 4) is 18.1 Å². The number of hydrogen-bond donors (Lipinski definition) is 1. The van der Waals surface area contributed by atoms with Crippen LogP contribution in [0.3, 0.4) is 0 Å². The quantitative estimate of drug-likeness (QED) is 0.754. The fourth-order valence-corrected chi connectivity index (χ4v) is 1.56. The predicted octanol–water partition coefficient (Wildman–Crippen LogP) is 2.83. The van der Waals surface area contributed by atoms with Crippen molar-refractivity contribution in [1.82, 2.24) is 5.32 Å². The van der Waals surface area contributed by atoms with Crippen LogP contribution in [0.5, 0.6) is 5.75 Å². The molecule has 1 N–H and O–H groups in total. The normalized spacial score (nSPS) is 12.2. The van der Waals surface area contributed by atoms with Gasteiger partial charge in [0.2, 0.25) is 0 Å². The number of ether oxygens (including phenoxy) is 1. The van der Waals surface area contributed by atoms with Crippen LogP contribution in [0, 0.1) is 12.3 Å². The molecule has 1 rings (SSSR count). The van der Waals surface area contributed by atoms with E-state index in [1.54, 1.807) is 24.3 Å². The maximum Gasteiger partial charge on any atom is 0.387 e. The van der Waals surface area contributed by atoms with Crippen molar-refractivity contribution in [2.45, 2.75) is 32.4 Å². The topological polar surface area (TPSA) is 21.3 Å². The van der Waals surface area contributed by atoms with Crippen LogP contribution in [0.25, 0.3) is 0 Å². The first-order valence-electron chi connectivity index (χ1n) is 5.82. The molecule has 0 bridgehead atoms. The van der Waals surface area contributed by atoms with Crippen LogP contribution in [0.2, 0.25) is 0 Å². The summed E-state index contributed by atoms with van der Waals surface area (Å²) in [4.78, 5) is 0. The number of terminal acetylenes is 1. The zero-order valence-corrected chi connectivity index (χ0v) is 10.3. The van der Waals surface area contributed by atoms with Gasteiger partial charge in [0.05, 0.1) is 6.54 Å². The number of benzene rings is 1. The summed E-state index contributed by atoms with van der Waals surface area (Å²) in [5.41, 5.74) is 1.09. The van der Waals surface area contributed by atoms with E-state index in [0.717, 1.165) is 18.4 Å². The van der Waals surface area contributed by atoms with Crippen molar-refractivity contribution in [3.05, 3.63) is 29.8 Å². The molecule has 0 aliphatic rings. The predicted molar refractivity (Wildman–Crippen MR) is 67.7 cm³/mol. The van der Waals surface area contributed by atoms with Crippen molar-refractivity contribution in [1.29, 1.82) is 0 Å². The van der Waals surface area contributed by atoms with Gasteiger partial charge in [-0.3, -0.25) is 0 Å². The number of rotatable bonds is 7. The molecule has 0 radical (unpaired) electrons. The van der Waals surface area contributed by atoms with E-state index in [4.69, 9.17) is 6.42 Å². The molecule has 2 nitrogen and oxygen atoms in total. The highest BCUT2D eigenvalue weighted by Gasteiger charge is 2.04. The first-order valence-corrected chi connectivity index (χ1v) is 5.82. The van der Waals surface area contributed by atoms with Gasteiger partial charge >= 0.3 is 6.61 Å². The van der Waals surface area contributed by atoms with Gasteiger partial charge in [-0.25, -0.2) is 0 Å². The number of nitrogens with one attached hydrogen (secondary N) is 1. The molecule has 1 aromatic rings. The van der Waals surface area contributed by atoms with Crippen LogP contribution < -0.4 is 10.1 Å². The minimum Gasteiger partial charge on any atom is -0.435 e. The third-order valence-electron chi connectivity index (χ3n) is 2.57. The summed E-state index contributed by atoms with van der Waals surface area (Å²) in [5.74, 6) is 2.71. The summed E-state index contributed by atoms with van der Waals surface area (Å²) in [6.45, 7) is -0.155. The van der Waals surface area contributed by atoms with Gasteiger partial charge in [-0.2, -0.15) is 8.78 Å². The molecule has 0 aliphatic carbocycles. The van der Waals surface area contributed by atoms with E-state index in [-0.39, 0.29) is 5.75 Å². The van der Waals surface area contributed by atoms with E-state index in [0.29, 0.717) is 12.6 Å². The van der Waals surface area contributed by atoms with E-state index in [2.05, 4.69) is 22.9 Å². The number of aryl methyl sites for hydroxylation is 1. The average molecular weight is 253 g/mol. The molecule has 0 heterocycles. The van der Waals surface area contributed by atoms with Crippen LogP contribution in [0.15, 0.2) is 24.3 Å². The Labute approximate surface area is 106 Å². The highest BCUT2D eigenvalue weighted by Crippen LogP contribution is 2.16. The van der Waals surface area contributed by atoms with Crippen molar-refractivity contribution >= 4 is 0 Å². The molecule has 18 heavy (non-hydrogen) atoms. The maximum atomic E-state index is 11.9. The first-order chi connectivity index (χ1) is 8.61. The number of alkyl halides is 2. The minimum atomic E-state index is -2.77. The zero-order valence-electron chi connectivity index (χ0n) is 10.3. The van der Waals surface area contributed by atoms with Gasteiger partial charge < -0.3 is 10.1 Å². The van der Waals surface area contributed by atoms with Crippen LogP contribution in [-0.4, -0.2) is 19.2 Å². The standard InChI is InChI=1S/C14H17F2NO/c1-3-10-17-11(2)4-5-12-6-8-13(9-7-12)18-14(15)16/h1,6-9,11,14,17H,4-5,10H2,2H3. The SMILES string of the molecule is C#CCNC(C)CCc1ccc(OC(F)F)cc1. The highest BCUT2D eigenvalue weighted by atomic mass is 19.3. The molecule has 1 unspecified atom stereocenters. The summed E-state index contributed by atoms with van der Waals surface area (Å²) < 4.78 is 28.2. The van der Waals surface area contributed by atoms with Gasteiger partial charge in [0.25, 0.3) is 0 Å². The Kier molecular flexibility index (Phi) is 6.16. The molecule has 4 heteroatoms. The molecule has 0 spiro atoms. The lowest BCUT2D eigenvalue weighted by atomic mass is 10.1. The largest absolute Gasteiger partial charge is 0.435 e. The summed E-state index contributed by atoms with van der Waals surface area (Å²) >= 11 is 0. The molecular weight excluding hydrogens is 236 g/mol. The van der Waals surface area contributed by atoms with Gasteiger partial charge in [0, 0.05) is 6.04 Å². The van der Waals surface area contributed by atoms with Crippen molar-refractivity contribution < 1.29 is 13.5 Å². The molecule has 0 amide bonds. The molecule has 0 fully saturated rings. The summed E-state index contributed by atoms with van der Waals surface area (Å²) in [5, 5.41) is 3.18. The van der Waals surface area contributed by atoms with Crippen molar-refractivity contribution in [2.75, 3.05) is 6.54 Å². The van der Waals surface area contributed by atoms with Crippen LogP contribution in [0.1, 0.15) is 18.9 Å². The molecule has 0 saturated heterocycles.